The summed E-state index contributed by atoms with van der Waals surface area (Å²) in [6, 6.07) is 6.13. The highest BCUT2D eigenvalue weighted by molar-refractivity contribution is 5.37. The van der Waals surface area contributed by atoms with Gasteiger partial charge in [0.1, 0.15) is 5.75 Å². The highest BCUT2D eigenvalue weighted by atomic mass is 16.5. The Bertz CT molecular complexity index is 352. The van der Waals surface area contributed by atoms with Gasteiger partial charge in [-0.05, 0) is 31.5 Å². The summed E-state index contributed by atoms with van der Waals surface area (Å²) >= 11 is 0. The second-order valence-electron chi connectivity index (χ2n) is 3.45. The molecule has 80 valence electrons. The topological polar surface area (TPSA) is 35.2 Å². The van der Waals surface area contributed by atoms with Gasteiger partial charge in [-0.2, -0.15) is 0 Å². The van der Waals surface area contributed by atoms with Crippen molar-refractivity contribution in [1.29, 1.82) is 0 Å². The second kappa shape index (κ2) is 6.10. The first-order valence-corrected chi connectivity index (χ1v) is 5.13. The van der Waals surface area contributed by atoms with E-state index >= 15 is 0 Å². The van der Waals surface area contributed by atoms with Gasteiger partial charge in [-0.15, -0.1) is 12.3 Å². The van der Waals surface area contributed by atoms with Crippen LogP contribution < -0.4 is 10.5 Å². The van der Waals surface area contributed by atoms with Crippen molar-refractivity contribution in [1.82, 2.24) is 0 Å². The van der Waals surface area contributed by atoms with E-state index in [9.17, 15) is 0 Å². The van der Waals surface area contributed by atoms with Gasteiger partial charge in [0.15, 0.2) is 0 Å². The van der Waals surface area contributed by atoms with Crippen LogP contribution in [0.2, 0.25) is 0 Å². The molecule has 0 aliphatic heterocycles. The van der Waals surface area contributed by atoms with E-state index < -0.39 is 0 Å². The highest BCUT2D eigenvalue weighted by Crippen LogP contribution is 2.20. The van der Waals surface area contributed by atoms with Crippen molar-refractivity contribution in [2.75, 3.05) is 13.2 Å². The van der Waals surface area contributed by atoms with Crippen molar-refractivity contribution in [3.05, 3.63) is 29.3 Å². The summed E-state index contributed by atoms with van der Waals surface area (Å²) < 4.78 is 5.59. The Morgan fingerprint density at radius 1 is 1.47 bits per heavy atom. The minimum absolute atomic E-state index is 0.567. The number of hydrogen-bond acceptors (Lipinski definition) is 2. The van der Waals surface area contributed by atoms with Crippen LogP contribution in [-0.4, -0.2) is 13.2 Å². The van der Waals surface area contributed by atoms with Crippen LogP contribution in [0.1, 0.15) is 17.5 Å². The monoisotopic (exact) mass is 203 g/mol. The van der Waals surface area contributed by atoms with Crippen LogP contribution in [0, 0.1) is 19.3 Å². The Labute approximate surface area is 91.4 Å². The van der Waals surface area contributed by atoms with E-state index in [0.29, 0.717) is 19.6 Å². The molecule has 2 nitrogen and oxygen atoms in total. The van der Waals surface area contributed by atoms with Crippen LogP contribution in [0.15, 0.2) is 18.2 Å². The Kier molecular flexibility index (Phi) is 4.73. The lowest BCUT2D eigenvalue weighted by Gasteiger charge is -2.10. The number of rotatable bonds is 5. The molecule has 0 aromatic heterocycles. The highest BCUT2D eigenvalue weighted by Gasteiger charge is 2.02. The van der Waals surface area contributed by atoms with Crippen LogP contribution in [0.3, 0.4) is 0 Å². The average molecular weight is 203 g/mol. The van der Waals surface area contributed by atoms with Crippen molar-refractivity contribution in [3.63, 3.8) is 0 Å². The van der Waals surface area contributed by atoms with Gasteiger partial charge in [-0.25, -0.2) is 0 Å². The molecule has 0 saturated carbocycles. The van der Waals surface area contributed by atoms with Gasteiger partial charge in [0.2, 0.25) is 0 Å². The maximum atomic E-state index is 5.59. The van der Waals surface area contributed by atoms with E-state index in [-0.39, 0.29) is 0 Å². The molecule has 0 aliphatic rings. The minimum Gasteiger partial charge on any atom is -0.492 e. The largest absolute Gasteiger partial charge is 0.492 e. The number of terminal acetylenes is 1. The zero-order valence-corrected chi connectivity index (χ0v) is 9.12. The Balaban J connectivity index is 2.72. The fourth-order valence-corrected chi connectivity index (χ4v) is 1.42. The fourth-order valence-electron chi connectivity index (χ4n) is 1.42. The van der Waals surface area contributed by atoms with Gasteiger partial charge in [0.05, 0.1) is 6.61 Å². The van der Waals surface area contributed by atoms with Crippen LogP contribution in [-0.2, 0) is 6.42 Å². The zero-order chi connectivity index (χ0) is 11.1. The molecule has 0 fully saturated rings. The number of hydrogen-bond donors (Lipinski definition) is 1. The van der Waals surface area contributed by atoms with Gasteiger partial charge in [0.25, 0.3) is 0 Å². The third kappa shape index (κ3) is 3.65. The second-order valence-corrected chi connectivity index (χ2v) is 3.45. The third-order valence-corrected chi connectivity index (χ3v) is 2.13. The number of ether oxygens (including phenoxy) is 1. The molecule has 0 spiro atoms. The molecule has 0 unspecified atom stereocenters. The first kappa shape index (κ1) is 11.6. The molecule has 0 aliphatic carbocycles. The van der Waals surface area contributed by atoms with E-state index in [2.05, 4.69) is 18.9 Å². The van der Waals surface area contributed by atoms with Crippen molar-refractivity contribution in [3.8, 4) is 18.1 Å². The van der Waals surface area contributed by atoms with Crippen molar-refractivity contribution < 1.29 is 4.74 Å². The minimum atomic E-state index is 0.567. The number of aryl methyl sites for hydroxylation is 1. The van der Waals surface area contributed by atoms with E-state index in [4.69, 9.17) is 16.9 Å². The summed E-state index contributed by atoms with van der Waals surface area (Å²) in [5, 5.41) is 0. The van der Waals surface area contributed by atoms with Crippen molar-refractivity contribution >= 4 is 0 Å². The maximum Gasteiger partial charge on any atom is 0.122 e. The standard InChI is InChI=1S/C13H17NO/c1-3-4-9-15-13-6-5-11(2)10-12(13)7-8-14/h1,5-6,10H,4,7-9,14H2,2H3. The predicted molar refractivity (Wildman–Crippen MR) is 62.9 cm³/mol. The summed E-state index contributed by atoms with van der Waals surface area (Å²) in [5.74, 6) is 3.46. The lowest BCUT2D eigenvalue weighted by molar-refractivity contribution is 0.324. The van der Waals surface area contributed by atoms with Crippen LogP contribution in [0.5, 0.6) is 5.75 Å². The van der Waals surface area contributed by atoms with Gasteiger partial charge < -0.3 is 10.5 Å². The van der Waals surface area contributed by atoms with E-state index in [1.807, 2.05) is 12.1 Å². The van der Waals surface area contributed by atoms with E-state index in [0.717, 1.165) is 17.7 Å². The lowest BCUT2D eigenvalue weighted by Crippen LogP contribution is -2.06. The maximum absolute atomic E-state index is 5.59. The first-order valence-electron chi connectivity index (χ1n) is 5.13. The quantitative estimate of drug-likeness (QED) is 0.586. The number of nitrogens with two attached hydrogens (primary N) is 1. The van der Waals surface area contributed by atoms with Gasteiger partial charge in [-0.3, -0.25) is 0 Å². The molecule has 1 aromatic rings. The van der Waals surface area contributed by atoms with Crippen LogP contribution >= 0.6 is 0 Å². The molecule has 1 aromatic carbocycles. The lowest BCUT2D eigenvalue weighted by atomic mass is 10.1. The molecule has 15 heavy (non-hydrogen) atoms. The first-order chi connectivity index (χ1) is 7.27. The molecule has 0 atom stereocenters. The SMILES string of the molecule is C#CCCOc1ccc(C)cc1CCN. The molecular weight excluding hydrogens is 186 g/mol. The van der Waals surface area contributed by atoms with E-state index in [1.165, 1.54) is 5.56 Å². The molecule has 0 heterocycles. The molecule has 0 bridgehead atoms. The zero-order valence-electron chi connectivity index (χ0n) is 9.12. The Morgan fingerprint density at radius 2 is 2.27 bits per heavy atom. The molecule has 0 saturated heterocycles. The normalized spacial score (nSPS) is 9.67. The van der Waals surface area contributed by atoms with Crippen LogP contribution in [0.4, 0.5) is 0 Å². The molecule has 0 amide bonds. The molecule has 2 N–H and O–H groups in total. The van der Waals surface area contributed by atoms with Crippen molar-refractivity contribution in [2.24, 2.45) is 5.73 Å². The smallest absolute Gasteiger partial charge is 0.122 e. The van der Waals surface area contributed by atoms with Gasteiger partial charge >= 0.3 is 0 Å². The summed E-state index contributed by atoms with van der Waals surface area (Å²) in [4.78, 5) is 0. The van der Waals surface area contributed by atoms with Crippen LogP contribution in [0.25, 0.3) is 0 Å². The summed E-state index contributed by atoms with van der Waals surface area (Å²) in [6.45, 7) is 3.26. The Hall–Kier alpha value is -1.46. The third-order valence-electron chi connectivity index (χ3n) is 2.13. The van der Waals surface area contributed by atoms with E-state index in [1.54, 1.807) is 0 Å². The fraction of sp³-hybridized carbons (Fsp3) is 0.385. The number of benzene rings is 1. The molecule has 1 rings (SSSR count). The summed E-state index contributed by atoms with van der Waals surface area (Å²) in [6.07, 6.45) is 6.64. The summed E-state index contributed by atoms with van der Waals surface area (Å²) in [5.41, 5.74) is 7.93. The predicted octanol–water partition coefficient (Wildman–Crippen LogP) is 1.90. The summed E-state index contributed by atoms with van der Waals surface area (Å²) in [7, 11) is 0. The van der Waals surface area contributed by atoms with Crippen molar-refractivity contribution in [2.45, 2.75) is 19.8 Å². The Morgan fingerprint density at radius 3 is 2.93 bits per heavy atom. The molecule has 0 radical (unpaired) electrons. The van der Waals surface area contributed by atoms with Gasteiger partial charge in [-0.1, -0.05) is 17.7 Å². The molecule has 2 heteroatoms. The molecular formula is C13H17NO. The van der Waals surface area contributed by atoms with Gasteiger partial charge in [0, 0.05) is 6.42 Å². The average Bonchev–Trinajstić information content (AvgIpc) is 2.22.